The molecule has 98 valence electrons. The molecule has 0 radical (unpaired) electrons. The molecule has 1 aromatic carbocycles. The molecule has 0 spiro atoms. The molecule has 0 atom stereocenters. The topological polar surface area (TPSA) is 37.0 Å². The van der Waals surface area contributed by atoms with Crippen LogP contribution in [-0.2, 0) is 12.8 Å². The summed E-state index contributed by atoms with van der Waals surface area (Å²) in [6.45, 7) is 2.97. The molecule has 19 heavy (non-hydrogen) atoms. The van der Waals surface area contributed by atoms with Crippen molar-refractivity contribution in [2.75, 3.05) is 17.2 Å². The first-order valence-corrected chi connectivity index (χ1v) is 6.89. The van der Waals surface area contributed by atoms with Crippen molar-refractivity contribution >= 4 is 11.6 Å². The van der Waals surface area contributed by atoms with E-state index in [4.69, 9.17) is 0 Å². The van der Waals surface area contributed by atoms with Gasteiger partial charge in [-0.2, -0.15) is 0 Å². The summed E-state index contributed by atoms with van der Waals surface area (Å²) in [4.78, 5) is 4.57. The van der Waals surface area contributed by atoms with Crippen LogP contribution in [0.15, 0.2) is 42.5 Å². The van der Waals surface area contributed by atoms with E-state index in [1.165, 1.54) is 11.1 Å². The van der Waals surface area contributed by atoms with Gasteiger partial charge in [-0.3, -0.25) is 0 Å². The number of nitrogens with one attached hydrogen (secondary N) is 2. The molecule has 0 fully saturated rings. The van der Waals surface area contributed by atoms with Crippen molar-refractivity contribution in [3.05, 3.63) is 53.6 Å². The summed E-state index contributed by atoms with van der Waals surface area (Å²) >= 11 is 0. The van der Waals surface area contributed by atoms with Gasteiger partial charge in [0.25, 0.3) is 0 Å². The van der Waals surface area contributed by atoms with Crippen LogP contribution in [-0.4, -0.2) is 17.6 Å². The standard InChI is InChI=1S/C16H19N3/c1-2-17-15-8-5-9-16(19-15)18-14-10-12-6-3-4-7-13(12)11-14/h3-9,14H,2,10-11H2,1H3,(H2,17,18,19). The van der Waals surface area contributed by atoms with Gasteiger partial charge in [-0.15, -0.1) is 0 Å². The van der Waals surface area contributed by atoms with Crippen molar-refractivity contribution in [1.82, 2.24) is 4.98 Å². The lowest BCUT2D eigenvalue weighted by atomic mass is 10.1. The minimum absolute atomic E-state index is 0.460. The maximum atomic E-state index is 4.57. The molecule has 1 aliphatic rings. The average molecular weight is 253 g/mol. The van der Waals surface area contributed by atoms with Crippen LogP contribution in [0.2, 0.25) is 0 Å². The molecule has 3 nitrogen and oxygen atoms in total. The Morgan fingerprint density at radius 3 is 2.37 bits per heavy atom. The molecule has 2 aromatic rings. The van der Waals surface area contributed by atoms with Gasteiger partial charge < -0.3 is 10.6 Å². The lowest BCUT2D eigenvalue weighted by molar-refractivity contribution is 0.769. The Balaban J connectivity index is 1.69. The van der Waals surface area contributed by atoms with Crippen molar-refractivity contribution in [1.29, 1.82) is 0 Å². The average Bonchev–Trinajstić information content (AvgIpc) is 2.81. The highest BCUT2D eigenvalue weighted by Gasteiger charge is 2.20. The van der Waals surface area contributed by atoms with Crippen molar-refractivity contribution < 1.29 is 0 Å². The highest BCUT2D eigenvalue weighted by atomic mass is 15.1. The molecule has 3 heteroatoms. The predicted octanol–water partition coefficient (Wildman–Crippen LogP) is 3.09. The normalized spacial score (nSPS) is 14.2. The Labute approximate surface area is 114 Å². The van der Waals surface area contributed by atoms with Crippen LogP contribution in [0.25, 0.3) is 0 Å². The molecule has 2 N–H and O–H groups in total. The fourth-order valence-corrected chi connectivity index (χ4v) is 2.66. The lowest BCUT2D eigenvalue weighted by Gasteiger charge is -2.13. The number of hydrogen-bond acceptors (Lipinski definition) is 3. The number of benzene rings is 1. The zero-order chi connectivity index (χ0) is 13.1. The maximum absolute atomic E-state index is 4.57. The van der Waals surface area contributed by atoms with Crippen LogP contribution >= 0.6 is 0 Å². The second-order valence-electron chi connectivity index (χ2n) is 4.96. The lowest BCUT2D eigenvalue weighted by Crippen LogP contribution is -2.20. The smallest absolute Gasteiger partial charge is 0.128 e. The Bertz CT molecular complexity index is 540. The number of aromatic nitrogens is 1. The number of hydrogen-bond donors (Lipinski definition) is 2. The first kappa shape index (κ1) is 12.0. The second-order valence-corrected chi connectivity index (χ2v) is 4.96. The maximum Gasteiger partial charge on any atom is 0.128 e. The van der Waals surface area contributed by atoms with Gasteiger partial charge in [-0.1, -0.05) is 30.3 Å². The van der Waals surface area contributed by atoms with Crippen molar-refractivity contribution in [2.24, 2.45) is 0 Å². The van der Waals surface area contributed by atoms with Gasteiger partial charge in [0.2, 0.25) is 0 Å². The number of rotatable bonds is 4. The van der Waals surface area contributed by atoms with Gasteiger partial charge in [-0.05, 0) is 43.0 Å². The van der Waals surface area contributed by atoms with Crippen molar-refractivity contribution in [3.8, 4) is 0 Å². The van der Waals surface area contributed by atoms with Crippen LogP contribution in [0.4, 0.5) is 11.6 Å². The van der Waals surface area contributed by atoms with Crippen molar-refractivity contribution in [3.63, 3.8) is 0 Å². The van der Waals surface area contributed by atoms with Crippen LogP contribution in [0.1, 0.15) is 18.1 Å². The van der Waals surface area contributed by atoms with Crippen LogP contribution in [0, 0.1) is 0 Å². The number of nitrogens with zero attached hydrogens (tertiary/aromatic N) is 1. The molecule has 1 aliphatic carbocycles. The van der Waals surface area contributed by atoms with Crippen LogP contribution < -0.4 is 10.6 Å². The number of anilines is 2. The third kappa shape index (κ3) is 2.70. The van der Waals surface area contributed by atoms with Gasteiger partial charge in [-0.25, -0.2) is 4.98 Å². The second kappa shape index (κ2) is 5.31. The van der Waals surface area contributed by atoms with E-state index in [-0.39, 0.29) is 0 Å². The fourth-order valence-electron chi connectivity index (χ4n) is 2.66. The first-order valence-electron chi connectivity index (χ1n) is 6.89. The van der Waals surface area contributed by atoms with Crippen molar-refractivity contribution in [2.45, 2.75) is 25.8 Å². The molecule has 3 rings (SSSR count). The Morgan fingerprint density at radius 1 is 1.00 bits per heavy atom. The largest absolute Gasteiger partial charge is 0.370 e. The van der Waals surface area contributed by atoms with E-state index in [0.717, 1.165) is 31.0 Å². The quantitative estimate of drug-likeness (QED) is 0.879. The number of fused-ring (bicyclic) bond motifs is 1. The zero-order valence-electron chi connectivity index (χ0n) is 11.2. The van der Waals surface area contributed by atoms with Gasteiger partial charge in [0, 0.05) is 12.6 Å². The molecular formula is C16H19N3. The summed E-state index contributed by atoms with van der Waals surface area (Å²) in [6.07, 6.45) is 2.17. The molecule has 0 bridgehead atoms. The molecule has 0 aliphatic heterocycles. The van der Waals surface area contributed by atoms with E-state index in [2.05, 4.69) is 46.8 Å². The van der Waals surface area contributed by atoms with Crippen LogP contribution in [0.5, 0.6) is 0 Å². The summed E-state index contributed by atoms with van der Waals surface area (Å²) in [5.41, 5.74) is 2.92. The molecule has 1 heterocycles. The number of pyridine rings is 1. The van der Waals surface area contributed by atoms with E-state index in [9.17, 15) is 0 Å². The minimum atomic E-state index is 0.460. The molecule has 0 amide bonds. The van der Waals surface area contributed by atoms with E-state index < -0.39 is 0 Å². The highest BCUT2D eigenvalue weighted by Crippen LogP contribution is 2.24. The molecule has 1 aromatic heterocycles. The molecule has 0 saturated heterocycles. The third-order valence-corrected chi connectivity index (χ3v) is 3.51. The monoisotopic (exact) mass is 253 g/mol. The van der Waals surface area contributed by atoms with E-state index in [1.54, 1.807) is 0 Å². The summed E-state index contributed by atoms with van der Waals surface area (Å²) < 4.78 is 0. The summed E-state index contributed by atoms with van der Waals surface area (Å²) in [7, 11) is 0. The van der Waals surface area contributed by atoms with E-state index >= 15 is 0 Å². The van der Waals surface area contributed by atoms with Gasteiger partial charge in [0.15, 0.2) is 0 Å². The zero-order valence-corrected chi connectivity index (χ0v) is 11.2. The fraction of sp³-hybridized carbons (Fsp3) is 0.312. The van der Waals surface area contributed by atoms with Crippen LogP contribution in [0.3, 0.4) is 0 Å². The summed E-state index contributed by atoms with van der Waals surface area (Å²) in [5, 5.41) is 6.77. The minimum Gasteiger partial charge on any atom is -0.370 e. The van der Waals surface area contributed by atoms with Gasteiger partial charge >= 0.3 is 0 Å². The highest BCUT2D eigenvalue weighted by molar-refractivity contribution is 5.47. The first-order chi connectivity index (χ1) is 9.35. The third-order valence-electron chi connectivity index (χ3n) is 3.51. The molecular weight excluding hydrogens is 234 g/mol. The molecule has 0 saturated carbocycles. The predicted molar refractivity (Wildman–Crippen MR) is 79.7 cm³/mol. The Kier molecular flexibility index (Phi) is 3.36. The van der Waals surface area contributed by atoms with Gasteiger partial charge in [0.1, 0.15) is 11.6 Å². The Hall–Kier alpha value is -2.03. The summed E-state index contributed by atoms with van der Waals surface area (Å²) in [6, 6.07) is 15.2. The Morgan fingerprint density at radius 2 is 1.68 bits per heavy atom. The summed E-state index contributed by atoms with van der Waals surface area (Å²) in [5.74, 6) is 1.89. The van der Waals surface area contributed by atoms with E-state index in [1.807, 2.05) is 18.2 Å². The van der Waals surface area contributed by atoms with E-state index in [0.29, 0.717) is 6.04 Å². The SMILES string of the molecule is CCNc1cccc(NC2Cc3ccccc3C2)n1. The molecule has 0 unspecified atom stereocenters. The van der Waals surface area contributed by atoms with Gasteiger partial charge in [0.05, 0.1) is 0 Å².